The monoisotopic (exact) mass is 375 g/mol. The number of carbonyl (C=O) groups excluding carboxylic acids is 2. The van der Waals surface area contributed by atoms with Gasteiger partial charge in [0.1, 0.15) is 0 Å². The standard InChI is InChI=1S/C18H21N3O2S2/c1-11-16(15-9-8-14(25-15)10-19-12(2)22)20-18(24-11)21-17(23)13-6-4-3-5-7-13/h3-4,8-9,13H,5-7,10H2,1-2H3,(H,19,22)(H,20,21,23). The van der Waals surface area contributed by atoms with Crippen LogP contribution in [0, 0.1) is 12.8 Å². The Bertz CT molecular complexity index is 807. The van der Waals surface area contributed by atoms with Gasteiger partial charge in [0.2, 0.25) is 11.8 Å². The lowest BCUT2D eigenvalue weighted by atomic mass is 9.94. The van der Waals surface area contributed by atoms with Gasteiger partial charge in [0, 0.05) is 22.6 Å². The number of hydrogen-bond donors (Lipinski definition) is 2. The third-order valence-electron chi connectivity index (χ3n) is 4.07. The first kappa shape index (κ1) is 17.8. The number of amides is 2. The average molecular weight is 376 g/mol. The Morgan fingerprint density at radius 3 is 2.84 bits per heavy atom. The zero-order valence-corrected chi connectivity index (χ0v) is 15.9. The molecule has 7 heteroatoms. The number of aromatic nitrogens is 1. The van der Waals surface area contributed by atoms with Gasteiger partial charge in [0.15, 0.2) is 5.13 Å². The van der Waals surface area contributed by atoms with Crippen molar-refractivity contribution < 1.29 is 9.59 Å². The number of thiophene rings is 1. The van der Waals surface area contributed by atoms with Gasteiger partial charge in [-0.2, -0.15) is 0 Å². The molecular weight excluding hydrogens is 354 g/mol. The molecule has 25 heavy (non-hydrogen) atoms. The summed E-state index contributed by atoms with van der Waals surface area (Å²) in [6, 6.07) is 4.02. The SMILES string of the molecule is CC(=O)NCc1ccc(-c2nc(NC(=O)C3CC=CCC3)sc2C)s1. The number of rotatable bonds is 5. The van der Waals surface area contributed by atoms with Gasteiger partial charge in [-0.25, -0.2) is 4.98 Å². The molecule has 0 spiro atoms. The van der Waals surface area contributed by atoms with Gasteiger partial charge in [-0.3, -0.25) is 9.59 Å². The zero-order valence-electron chi connectivity index (χ0n) is 14.3. The van der Waals surface area contributed by atoms with Crippen LogP contribution >= 0.6 is 22.7 Å². The molecule has 1 aliphatic rings. The van der Waals surface area contributed by atoms with Crippen LogP contribution in [0.3, 0.4) is 0 Å². The maximum atomic E-state index is 12.4. The molecule has 1 unspecified atom stereocenters. The van der Waals surface area contributed by atoms with Crippen molar-refractivity contribution in [3.8, 4) is 10.6 Å². The highest BCUT2D eigenvalue weighted by Gasteiger charge is 2.21. The van der Waals surface area contributed by atoms with E-state index in [9.17, 15) is 9.59 Å². The van der Waals surface area contributed by atoms with Crippen molar-refractivity contribution in [2.75, 3.05) is 5.32 Å². The van der Waals surface area contributed by atoms with Crippen molar-refractivity contribution in [3.63, 3.8) is 0 Å². The van der Waals surface area contributed by atoms with Crippen LogP contribution in [0.2, 0.25) is 0 Å². The van der Waals surface area contributed by atoms with Crippen molar-refractivity contribution >= 4 is 39.6 Å². The highest BCUT2D eigenvalue weighted by atomic mass is 32.1. The minimum Gasteiger partial charge on any atom is -0.351 e. The van der Waals surface area contributed by atoms with E-state index in [0.717, 1.165) is 39.6 Å². The summed E-state index contributed by atoms with van der Waals surface area (Å²) in [5, 5.41) is 6.43. The van der Waals surface area contributed by atoms with Gasteiger partial charge in [-0.05, 0) is 38.3 Å². The number of aryl methyl sites for hydroxylation is 1. The van der Waals surface area contributed by atoms with E-state index in [1.54, 1.807) is 11.3 Å². The second kappa shape index (κ2) is 7.93. The molecule has 0 aliphatic heterocycles. The van der Waals surface area contributed by atoms with Gasteiger partial charge in [0.25, 0.3) is 0 Å². The maximum Gasteiger partial charge on any atom is 0.229 e. The second-order valence-electron chi connectivity index (χ2n) is 6.07. The predicted molar refractivity (Wildman–Crippen MR) is 103 cm³/mol. The van der Waals surface area contributed by atoms with Gasteiger partial charge in [0.05, 0.1) is 17.1 Å². The lowest BCUT2D eigenvalue weighted by Crippen LogP contribution is -2.23. The van der Waals surface area contributed by atoms with E-state index in [1.165, 1.54) is 18.3 Å². The quantitative estimate of drug-likeness (QED) is 0.773. The molecule has 0 aromatic carbocycles. The van der Waals surface area contributed by atoms with E-state index in [-0.39, 0.29) is 17.7 Å². The number of nitrogens with one attached hydrogen (secondary N) is 2. The largest absolute Gasteiger partial charge is 0.351 e. The Morgan fingerprint density at radius 2 is 2.12 bits per heavy atom. The maximum absolute atomic E-state index is 12.4. The first-order valence-electron chi connectivity index (χ1n) is 8.29. The van der Waals surface area contributed by atoms with Gasteiger partial charge in [-0.15, -0.1) is 22.7 Å². The zero-order chi connectivity index (χ0) is 17.8. The Balaban J connectivity index is 1.68. The van der Waals surface area contributed by atoms with Crippen LogP contribution in [0.1, 0.15) is 35.9 Å². The van der Waals surface area contributed by atoms with Crippen LogP contribution in [0.5, 0.6) is 0 Å². The molecule has 2 amide bonds. The van der Waals surface area contributed by atoms with Crippen LogP contribution in [-0.4, -0.2) is 16.8 Å². The summed E-state index contributed by atoms with van der Waals surface area (Å²) in [5.74, 6) is 0.0631. The minimum absolute atomic E-state index is 0.0395. The fourth-order valence-electron chi connectivity index (χ4n) is 2.73. The highest BCUT2D eigenvalue weighted by Crippen LogP contribution is 2.35. The number of thiazole rings is 1. The van der Waals surface area contributed by atoms with E-state index in [0.29, 0.717) is 11.7 Å². The molecule has 2 heterocycles. The van der Waals surface area contributed by atoms with E-state index in [4.69, 9.17) is 0 Å². The molecule has 1 aliphatic carbocycles. The smallest absolute Gasteiger partial charge is 0.229 e. The third kappa shape index (κ3) is 4.55. The topological polar surface area (TPSA) is 71.1 Å². The van der Waals surface area contributed by atoms with Crippen molar-refractivity contribution in [3.05, 3.63) is 34.0 Å². The van der Waals surface area contributed by atoms with E-state index in [1.807, 2.05) is 19.1 Å². The first-order chi connectivity index (χ1) is 12.0. The molecule has 2 aromatic heterocycles. The second-order valence-corrected chi connectivity index (χ2v) is 8.44. The summed E-state index contributed by atoms with van der Waals surface area (Å²) in [4.78, 5) is 31.2. The van der Waals surface area contributed by atoms with Crippen molar-refractivity contribution in [1.82, 2.24) is 10.3 Å². The predicted octanol–water partition coefficient (Wildman–Crippen LogP) is 4.11. The summed E-state index contributed by atoms with van der Waals surface area (Å²) < 4.78 is 0. The number of allylic oxidation sites excluding steroid dienone is 2. The molecule has 0 radical (unpaired) electrons. The van der Waals surface area contributed by atoms with Crippen LogP contribution < -0.4 is 10.6 Å². The van der Waals surface area contributed by atoms with E-state index >= 15 is 0 Å². The average Bonchev–Trinajstić information content (AvgIpc) is 3.20. The van der Waals surface area contributed by atoms with Gasteiger partial charge >= 0.3 is 0 Å². The Morgan fingerprint density at radius 1 is 1.28 bits per heavy atom. The minimum atomic E-state index is -0.0395. The molecule has 132 valence electrons. The molecule has 0 saturated heterocycles. The summed E-state index contributed by atoms with van der Waals surface area (Å²) >= 11 is 3.11. The Labute approximate surface area is 155 Å². The number of hydrogen-bond acceptors (Lipinski definition) is 5. The van der Waals surface area contributed by atoms with Crippen LogP contribution in [0.15, 0.2) is 24.3 Å². The Hall–Kier alpha value is -1.99. The third-order valence-corrected chi connectivity index (χ3v) is 6.05. The lowest BCUT2D eigenvalue weighted by molar-refractivity contribution is -0.120. The van der Waals surface area contributed by atoms with Gasteiger partial charge < -0.3 is 10.6 Å². The number of anilines is 1. The van der Waals surface area contributed by atoms with Crippen LogP contribution in [0.4, 0.5) is 5.13 Å². The summed E-state index contributed by atoms with van der Waals surface area (Å²) in [5.41, 5.74) is 0.905. The van der Waals surface area contributed by atoms with E-state index < -0.39 is 0 Å². The fourth-order valence-corrected chi connectivity index (χ4v) is 4.62. The molecule has 0 bridgehead atoms. The van der Waals surface area contributed by atoms with Crippen LogP contribution in [0.25, 0.3) is 10.6 Å². The van der Waals surface area contributed by atoms with Crippen molar-refractivity contribution in [2.45, 2.75) is 39.7 Å². The van der Waals surface area contributed by atoms with Crippen LogP contribution in [-0.2, 0) is 16.1 Å². The highest BCUT2D eigenvalue weighted by molar-refractivity contribution is 7.18. The molecule has 2 N–H and O–H groups in total. The summed E-state index contributed by atoms with van der Waals surface area (Å²) in [7, 11) is 0. The molecular formula is C18H21N3O2S2. The van der Waals surface area contributed by atoms with Crippen molar-refractivity contribution in [2.24, 2.45) is 5.92 Å². The molecule has 0 saturated carbocycles. The molecule has 1 atom stereocenters. The number of carbonyl (C=O) groups is 2. The first-order valence-corrected chi connectivity index (χ1v) is 9.93. The molecule has 2 aromatic rings. The van der Waals surface area contributed by atoms with E-state index in [2.05, 4.69) is 27.8 Å². The van der Waals surface area contributed by atoms with Gasteiger partial charge in [-0.1, -0.05) is 12.2 Å². The molecule has 0 fully saturated rings. The fraction of sp³-hybridized carbons (Fsp3) is 0.389. The summed E-state index contributed by atoms with van der Waals surface area (Å²) in [6.07, 6.45) is 6.88. The number of nitrogens with zero attached hydrogens (tertiary/aromatic N) is 1. The Kier molecular flexibility index (Phi) is 5.65. The molecule has 5 nitrogen and oxygen atoms in total. The normalized spacial score (nSPS) is 16.6. The van der Waals surface area contributed by atoms with Crippen molar-refractivity contribution in [1.29, 1.82) is 0 Å². The lowest BCUT2D eigenvalue weighted by Gasteiger charge is -2.15. The summed E-state index contributed by atoms with van der Waals surface area (Å²) in [6.45, 7) is 4.05. The molecule has 3 rings (SSSR count).